The Morgan fingerprint density at radius 3 is 2.81 bits per heavy atom. The average Bonchev–Trinajstić information content (AvgIpc) is 2.83. The molecule has 0 spiro atoms. The number of aromatic nitrogens is 4. The largest absolute Gasteiger partial charge is 0.394 e. The molecule has 2 aromatic heterocycles. The number of nitrogens with two attached hydrogens (primary N) is 1. The zero-order valence-electron chi connectivity index (χ0n) is 9.65. The van der Waals surface area contributed by atoms with Gasteiger partial charge in [0.05, 0.1) is 17.4 Å². The minimum atomic E-state index is 0.0621. The number of H-pyrrole nitrogens is 1. The van der Waals surface area contributed by atoms with Gasteiger partial charge >= 0.3 is 0 Å². The van der Waals surface area contributed by atoms with Crippen molar-refractivity contribution in [3.05, 3.63) is 23.9 Å². The second-order valence-electron chi connectivity index (χ2n) is 3.81. The quantitative estimate of drug-likeness (QED) is 0.725. The van der Waals surface area contributed by atoms with Gasteiger partial charge in [-0.05, 0) is 13.8 Å². The van der Waals surface area contributed by atoms with Gasteiger partial charge in [-0.3, -0.25) is 4.68 Å². The van der Waals surface area contributed by atoms with Crippen molar-refractivity contribution in [1.29, 1.82) is 0 Å². The van der Waals surface area contributed by atoms with Gasteiger partial charge in [-0.2, -0.15) is 5.10 Å². The van der Waals surface area contributed by atoms with Crippen LogP contribution in [0.1, 0.15) is 24.5 Å². The average molecular weight is 220 g/mol. The Kier molecular flexibility index (Phi) is 2.55. The van der Waals surface area contributed by atoms with Crippen molar-refractivity contribution in [2.75, 3.05) is 11.1 Å². The molecule has 2 heterocycles. The van der Waals surface area contributed by atoms with Gasteiger partial charge in [-0.25, -0.2) is 4.98 Å². The van der Waals surface area contributed by atoms with Crippen LogP contribution in [0.4, 0.5) is 11.5 Å². The van der Waals surface area contributed by atoms with Crippen molar-refractivity contribution in [3.8, 4) is 0 Å². The van der Waals surface area contributed by atoms with Crippen molar-refractivity contribution in [3.63, 3.8) is 0 Å². The fourth-order valence-corrected chi connectivity index (χ4v) is 1.63. The van der Waals surface area contributed by atoms with Gasteiger partial charge in [0.15, 0.2) is 0 Å². The highest BCUT2D eigenvalue weighted by Crippen LogP contribution is 2.24. The molecule has 0 aliphatic rings. The topological polar surface area (TPSA) is 84.5 Å². The maximum Gasteiger partial charge on any atom is 0.148 e. The number of aryl methyl sites for hydroxylation is 2. The number of rotatable bonds is 3. The van der Waals surface area contributed by atoms with E-state index < -0.39 is 0 Å². The lowest BCUT2D eigenvalue weighted by Gasteiger charge is -2.13. The van der Waals surface area contributed by atoms with Gasteiger partial charge < -0.3 is 16.0 Å². The molecular weight excluding hydrogens is 204 g/mol. The number of hydrogen-bond acceptors (Lipinski definition) is 4. The van der Waals surface area contributed by atoms with Gasteiger partial charge in [-0.15, -0.1) is 0 Å². The lowest BCUT2D eigenvalue weighted by Crippen LogP contribution is -2.12. The Morgan fingerprint density at radius 2 is 2.31 bits per heavy atom. The fraction of sp³-hybridized carbons (Fsp3) is 0.400. The first kappa shape index (κ1) is 10.5. The van der Waals surface area contributed by atoms with Crippen LogP contribution in [0.2, 0.25) is 0 Å². The number of anilines is 2. The molecule has 1 unspecified atom stereocenters. The highest BCUT2D eigenvalue weighted by atomic mass is 15.3. The van der Waals surface area contributed by atoms with E-state index in [1.165, 1.54) is 0 Å². The molecule has 4 N–H and O–H groups in total. The molecule has 0 amide bonds. The van der Waals surface area contributed by atoms with Crippen LogP contribution in [0.25, 0.3) is 0 Å². The number of nitrogen functional groups attached to an aromatic ring is 1. The summed E-state index contributed by atoms with van der Waals surface area (Å²) in [6.45, 7) is 3.90. The van der Waals surface area contributed by atoms with Crippen LogP contribution in [0.5, 0.6) is 0 Å². The van der Waals surface area contributed by atoms with Crippen LogP contribution in [0.3, 0.4) is 0 Å². The summed E-state index contributed by atoms with van der Waals surface area (Å²) in [5, 5.41) is 7.53. The number of aromatic amines is 1. The van der Waals surface area contributed by atoms with Crippen LogP contribution < -0.4 is 11.1 Å². The van der Waals surface area contributed by atoms with E-state index in [-0.39, 0.29) is 6.04 Å². The van der Waals surface area contributed by atoms with Crippen molar-refractivity contribution in [2.45, 2.75) is 19.9 Å². The predicted octanol–water partition coefficient (Wildman–Crippen LogP) is 1.21. The van der Waals surface area contributed by atoms with E-state index in [1.807, 2.05) is 20.9 Å². The molecule has 86 valence electrons. The van der Waals surface area contributed by atoms with E-state index in [4.69, 9.17) is 5.73 Å². The molecule has 0 aliphatic carbocycles. The van der Waals surface area contributed by atoms with Gasteiger partial charge in [0.1, 0.15) is 11.6 Å². The molecule has 0 fully saturated rings. The summed E-state index contributed by atoms with van der Waals surface area (Å²) in [7, 11) is 1.86. The fourth-order valence-electron chi connectivity index (χ4n) is 1.63. The van der Waals surface area contributed by atoms with Crippen molar-refractivity contribution in [2.24, 2.45) is 7.05 Å². The number of nitrogens with one attached hydrogen (secondary N) is 2. The Bertz CT molecular complexity index is 470. The molecule has 6 nitrogen and oxygen atoms in total. The van der Waals surface area contributed by atoms with Crippen LogP contribution >= 0.6 is 0 Å². The van der Waals surface area contributed by atoms with Crippen molar-refractivity contribution >= 4 is 11.5 Å². The van der Waals surface area contributed by atoms with Crippen LogP contribution in [-0.2, 0) is 7.05 Å². The predicted molar refractivity (Wildman–Crippen MR) is 63.0 cm³/mol. The van der Waals surface area contributed by atoms with E-state index >= 15 is 0 Å². The van der Waals surface area contributed by atoms with Crippen LogP contribution in [-0.4, -0.2) is 19.7 Å². The molecule has 1 atom stereocenters. The zero-order valence-corrected chi connectivity index (χ0v) is 9.65. The number of imidazole rings is 1. The van der Waals surface area contributed by atoms with Gasteiger partial charge in [-0.1, -0.05) is 0 Å². The van der Waals surface area contributed by atoms with E-state index in [2.05, 4.69) is 20.4 Å². The summed E-state index contributed by atoms with van der Waals surface area (Å²) in [4.78, 5) is 7.25. The van der Waals surface area contributed by atoms with Crippen molar-refractivity contribution < 1.29 is 0 Å². The van der Waals surface area contributed by atoms with E-state index in [9.17, 15) is 0 Å². The molecule has 16 heavy (non-hydrogen) atoms. The summed E-state index contributed by atoms with van der Waals surface area (Å²) >= 11 is 0. The second-order valence-corrected chi connectivity index (χ2v) is 3.81. The highest BCUT2D eigenvalue weighted by molar-refractivity contribution is 5.65. The summed E-state index contributed by atoms with van der Waals surface area (Å²) in [5.41, 5.74) is 7.44. The normalized spacial score (nSPS) is 12.7. The summed E-state index contributed by atoms with van der Waals surface area (Å²) in [6, 6.07) is 0.0621. The minimum Gasteiger partial charge on any atom is -0.394 e. The molecule has 2 rings (SSSR count). The molecule has 6 heteroatoms. The van der Waals surface area contributed by atoms with Crippen LogP contribution in [0, 0.1) is 6.92 Å². The third kappa shape index (κ3) is 1.73. The number of hydrogen-bond donors (Lipinski definition) is 3. The monoisotopic (exact) mass is 220 g/mol. The van der Waals surface area contributed by atoms with Crippen molar-refractivity contribution in [1.82, 2.24) is 19.7 Å². The highest BCUT2D eigenvalue weighted by Gasteiger charge is 2.14. The van der Waals surface area contributed by atoms with Crippen LogP contribution in [0.15, 0.2) is 12.4 Å². The van der Waals surface area contributed by atoms with Gasteiger partial charge in [0.25, 0.3) is 0 Å². The number of nitrogens with zero attached hydrogens (tertiary/aromatic N) is 3. The molecule has 2 aromatic rings. The first-order valence-corrected chi connectivity index (χ1v) is 5.14. The second kappa shape index (κ2) is 3.88. The van der Waals surface area contributed by atoms with E-state index in [1.54, 1.807) is 17.1 Å². The van der Waals surface area contributed by atoms with E-state index in [0.717, 1.165) is 17.3 Å². The van der Waals surface area contributed by atoms with Gasteiger partial charge in [0.2, 0.25) is 0 Å². The molecule has 0 aromatic carbocycles. The lowest BCUT2D eigenvalue weighted by molar-refractivity contribution is 0.730. The lowest BCUT2D eigenvalue weighted by atomic mass is 10.3. The Morgan fingerprint density at radius 1 is 1.56 bits per heavy atom. The third-order valence-electron chi connectivity index (χ3n) is 2.55. The van der Waals surface area contributed by atoms with Gasteiger partial charge in [0, 0.05) is 19.4 Å². The SMILES string of the molecule is Cc1nn(C)c(NC(C)c2ncc[nH]2)c1N. The molecular formula is C10H16N6. The molecule has 0 bridgehead atoms. The molecule has 0 radical (unpaired) electrons. The first-order valence-electron chi connectivity index (χ1n) is 5.14. The zero-order chi connectivity index (χ0) is 11.7. The molecule has 0 saturated heterocycles. The standard InChI is InChI=1S/C10H16N6/c1-6-8(11)10(16(3)15-6)14-7(2)9-12-4-5-13-9/h4-5,7,14H,11H2,1-3H3,(H,12,13). The minimum absolute atomic E-state index is 0.0621. The Balaban J connectivity index is 2.21. The third-order valence-corrected chi connectivity index (χ3v) is 2.55. The Hall–Kier alpha value is -1.98. The summed E-state index contributed by atoms with van der Waals surface area (Å²) in [6.07, 6.45) is 3.52. The summed E-state index contributed by atoms with van der Waals surface area (Å²) in [5.74, 6) is 1.69. The Labute approximate surface area is 93.9 Å². The smallest absolute Gasteiger partial charge is 0.148 e. The first-order chi connectivity index (χ1) is 7.59. The molecule has 0 saturated carbocycles. The maximum atomic E-state index is 5.93. The maximum absolute atomic E-state index is 5.93. The molecule has 0 aliphatic heterocycles. The van der Waals surface area contributed by atoms with E-state index in [0.29, 0.717) is 5.69 Å². The summed E-state index contributed by atoms with van der Waals surface area (Å²) < 4.78 is 1.74.